The van der Waals surface area contributed by atoms with Gasteiger partial charge in [0.25, 0.3) is 5.91 Å². The molecule has 0 fully saturated rings. The number of hydrogen-bond acceptors (Lipinski definition) is 7. The Morgan fingerprint density at radius 1 is 1.21 bits per heavy atom. The van der Waals surface area contributed by atoms with Crippen LogP contribution in [0.1, 0.15) is 59.7 Å². The number of aryl methyl sites for hydroxylation is 1. The molecule has 0 aromatic heterocycles. The van der Waals surface area contributed by atoms with E-state index in [2.05, 4.69) is 16.7 Å². The van der Waals surface area contributed by atoms with Crippen LogP contribution in [0.3, 0.4) is 0 Å². The van der Waals surface area contributed by atoms with Gasteiger partial charge < -0.3 is 30.0 Å². The predicted molar refractivity (Wildman–Crippen MR) is 140 cm³/mol. The fourth-order valence-electron chi connectivity index (χ4n) is 4.52. The molecule has 0 unspecified atom stereocenters. The maximum absolute atomic E-state index is 13.3. The molecule has 0 saturated carbocycles. The Balaban J connectivity index is 1.85. The number of anilines is 1. The number of fused-ring (bicyclic) bond motifs is 1. The van der Waals surface area contributed by atoms with Gasteiger partial charge in [0, 0.05) is 49.2 Å². The van der Waals surface area contributed by atoms with Crippen LogP contribution < -0.4 is 20.1 Å². The van der Waals surface area contributed by atoms with E-state index in [-0.39, 0.29) is 24.7 Å². The summed E-state index contributed by atoms with van der Waals surface area (Å²) in [6.07, 6.45) is 1.51. The zero-order valence-corrected chi connectivity index (χ0v) is 21.9. The molecular weight excluding hydrogens is 490 g/mol. The van der Waals surface area contributed by atoms with Crippen LogP contribution in [0.25, 0.3) is 0 Å². The third kappa shape index (κ3) is 7.01. The van der Waals surface area contributed by atoms with Crippen LogP contribution in [0.5, 0.6) is 11.5 Å². The number of aliphatic carboxylic acids is 1. The average Bonchev–Trinajstić information content (AvgIpc) is 2.88. The van der Waals surface area contributed by atoms with E-state index < -0.39 is 11.4 Å². The number of carboxylic acid groups (broad SMARTS) is 1. The van der Waals surface area contributed by atoms with Crippen molar-refractivity contribution in [3.8, 4) is 17.6 Å². The van der Waals surface area contributed by atoms with Crippen LogP contribution in [0, 0.1) is 11.3 Å². The summed E-state index contributed by atoms with van der Waals surface area (Å²) in [6.45, 7) is 3.05. The molecule has 1 heterocycles. The zero-order valence-electron chi connectivity index (χ0n) is 21.9. The highest BCUT2D eigenvalue weighted by molar-refractivity contribution is 5.98. The maximum Gasteiger partial charge on any atom is 0.303 e. The van der Waals surface area contributed by atoms with Crippen molar-refractivity contribution >= 4 is 23.5 Å². The fourth-order valence-corrected chi connectivity index (χ4v) is 4.52. The molecule has 10 heteroatoms. The van der Waals surface area contributed by atoms with Crippen molar-refractivity contribution in [1.82, 2.24) is 5.32 Å². The second-order valence-corrected chi connectivity index (χ2v) is 9.41. The molecule has 3 rings (SSSR count). The van der Waals surface area contributed by atoms with Crippen molar-refractivity contribution in [3.63, 3.8) is 0 Å². The number of carbonyl (C=O) groups excluding carboxylic acids is 2. The van der Waals surface area contributed by atoms with Crippen molar-refractivity contribution in [2.45, 2.75) is 44.4 Å². The van der Waals surface area contributed by atoms with Crippen molar-refractivity contribution < 1.29 is 33.7 Å². The largest absolute Gasteiger partial charge is 0.496 e. The van der Waals surface area contributed by atoms with E-state index in [1.54, 1.807) is 37.4 Å². The number of ether oxygens (including phenoxy) is 3. The maximum atomic E-state index is 13.3. The van der Waals surface area contributed by atoms with E-state index in [4.69, 9.17) is 19.3 Å². The van der Waals surface area contributed by atoms with Crippen molar-refractivity contribution in [2.75, 3.05) is 39.3 Å². The van der Waals surface area contributed by atoms with E-state index in [9.17, 15) is 19.6 Å². The molecule has 202 valence electrons. The van der Waals surface area contributed by atoms with Gasteiger partial charge in [-0.05, 0) is 43.0 Å². The number of rotatable bonds is 12. The number of benzene rings is 2. The lowest BCUT2D eigenvalue weighted by Crippen LogP contribution is -2.35. The standard InChI is InChI=1S/C28H33N3O7/c1-28(16-25(32)31-22-13-18(17-29)7-8-19(22)5-4-6-26(33)34)9-11-38-24-15-23(37-3)20(14-21(24)28)27(35)30-10-12-36-2/h7-8,13-15H,4-6,9-12,16H2,1-3H3,(H,30,35)(H,31,32)(H,33,34)/t28-/m1/s1. The molecule has 1 atom stereocenters. The Labute approximate surface area is 221 Å². The number of nitrogens with zero attached hydrogens (tertiary/aromatic N) is 1. The minimum Gasteiger partial charge on any atom is -0.496 e. The summed E-state index contributed by atoms with van der Waals surface area (Å²) in [5.74, 6) is -0.557. The number of nitrogens with one attached hydrogen (secondary N) is 2. The Hall–Kier alpha value is -4.10. The van der Waals surface area contributed by atoms with E-state index in [0.29, 0.717) is 67.3 Å². The van der Waals surface area contributed by atoms with Crippen LogP contribution in [0.4, 0.5) is 5.69 Å². The Kier molecular flexibility index (Phi) is 9.68. The van der Waals surface area contributed by atoms with Gasteiger partial charge in [0.15, 0.2) is 0 Å². The smallest absolute Gasteiger partial charge is 0.303 e. The highest BCUT2D eigenvalue weighted by Crippen LogP contribution is 2.44. The SMILES string of the molecule is COCCNC(=O)c1cc2c(cc1OC)OCC[C@]2(C)CC(=O)Nc1cc(C#N)ccc1CCCC(=O)O. The number of amides is 2. The first-order chi connectivity index (χ1) is 18.2. The van der Waals surface area contributed by atoms with E-state index in [1.807, 2.05) is 6.92 Å². The summed E-state index contributed by atoms with van der Waals surface area (Å²) in [6, 6.07) is 10.4. The van der Waals surface area contributed by atoms with Gasteiger partial charge in [-0.3, -0.25) is 14.4 Å². The second kappa shape index (κ2) is 12.9. The van der Waals surface area contributed by atoms with E-state index >= 15 is 0 Å². The summed E-state index contributed by atoms with van der Waals surface area (Å²) in [4.78, 5) is 37.1. The van der Waals surface area contributed by atoms with Crippen LogP contribution in [-0.2, 0) is 26.2 Å². The number of nitriles is 1. The molecule has 10 nitrogen and oxygen atoms in total. The molecule has 0 radical (unpaired) electrons. The number of hydrogen-bond donors (Lipinski definition) is 3. The van der Waals surface area contributed by atoms with Crippen LogP contribution in [0.2, 0.25) is 0 Å². The molecule has 2 aromatic carbocycles. The molecule has 0 saturated heterocycles. The summed E-state index contributed by atoms with van der Waals surface area (Å²) in [5.41, 5.74) is 2.06. The Bertz CT molecular complexity index is 1240. The monoisotopic (exact) mass is 523 g/mol. The Morgan fingerprint density at radius 3 is 2.68 bits per heavy atom. The summed E-state index contributed by atoms with van der Waals surface area (Å²) >= 11 is 0. The minimum atomic E-state index is -0.890. The summed E-state index contributed by atoms with van der Waals surface area (Å²) in [7, 11) is 3.03. The van der Waals surface area contributed by atoms with Crippen molar-refractivity contribution in [3.05, 3.63) is 52.6 Å². The molecule has 0 bridgehead atoms. The molecule has 0 aliphatic carbocycles. The molecule has 2 aromatic rings. The molecule has 2 amide bonds. The van der Waals surface area contributed by atoms with Crippen LogP contribution >= 0.6 is 0 Å². The lowest BCUT2D eigenvalue weighted by Gasteiger charge is -2.36. The fraction of sp³-hybridized carbons (Fsp3) is 0.429. The second-order valence-electron chi connectivity index (χ2n) is 9.41. The quantitative estimate of drug-likeness (QED) is 0.359. The first-order valence-electron chi connectivity index (χ1n) is 12.4. The highest BCUT2D eigenvalue weighted by Gasteiger charge is 2.37. The lowest BCUT2D eigenvalue weighted by atomic mass is 9.74. The first-order valence-corrected chi connectivity index (χ1v) is 12.4. The molecule has 3 N–H and O–H groups in total. The summed E-state index contributed by atoms with van der Waals surface area (Å²) < 4.78 is 16.3. The Morgan fingerprint density at radius 2 is 2.00 bits per heavy atom. The van der Waals surface area contributed by atoms with Gasteiger partial charge in [-0.2, -0.15) is 5.26 Å². The van der Waals surface area contributed by atoms with E-state index in [1.165, 1.54) is 7.11 Å². The first kappa shape index (κ1) is 28.5. The van der Waals surface area contributed by atoms with Crippen LogP contribution in [0.15, 0.2) is 30.3 Å². The molecule has 1 aliphatic rings. The minimum absolute atomic E-state index is 0.00703. The van der Waals surface area contributed by atoms with Crippen molar-refractivity contribution in [1.29, 1.82) is 5.26 Å². The van der Waals surface area contributed by atoms with Crippen molar-refractivity contribution in [2.24, 2.45) is 0 Å². The van der Waals surface area contributed by atoms with Gasteiger partial charge >= 0.3 is 5.97 Å². The van der Waals surface area contributed by atoms with Crippen LogP contribution in [-0.4, -0.2) is 56.9 Å². The summed E-state index contributed by atoms with van der Waals surface area (Å²) in [5, 5.41) is 24.0. The topological polar surface area (TPSA) is 147 Å². The highest BCUT2D eigenvalue weighted by atomic mass is 16.5. The molecule has 0 spiro atoms. The van der Waals surface area contributed by atoms with E-state index in [0.717, 1.165) is 11.1 Å². The molecule has 38 heavy (non-hydrogen) atoms. The van der Waals surface area contributed by atoms with Gasteiger partial charge in [-0.15, -0.1) is 0 Å². The number of carboxylic acids is 1. The number of methoxy groups -OCH3 is 2. The predicted octanol–water partition coefficient (Wildman–Crippen LogP) is 3.42. The average molecular weight is 524 g/mol. The van der Waals surface area contributed by atoms with Gasteiger partial charge in [0.05, 0.1) is 37.5 Å². The van der Waals surface area contributed by atoms with Gasteiger partial charge in [0.1, 0.15) is 11.5 Å². The van der Waals surface area contributed by atoms with Gasteiger partial charge in [-0.1, -0.05) is 13.0 Å². The molecule has 1 aliphatic heterocycles. The zero-order chi connectivity index (χ0) is 27.7. The third-order valence-corrected chi connectivity index (χ3v) is 6.60. The number of carbonyl (C=O) groups is 3. The normalized spacial score (nSPS) is 15.9. The van der Waals surface area contributed by atoms with Gasteiger partial charge in [0.2, 0.25) is 5.91 Å². The van der Waals surface area contributed by atoms with Gasteiger partial charge in [-0.25, -0.2) is 0 Å². The lowest BCUT2D eigenvalue weighted by molar-refractivity contribution is -0.137. The third-order valence-electron chi connectivity index (χ3n) is 6.60. The molecular formula is C28H33N3O7.